The predicted molar refractivity (Wildman–Crippen MR) is 169 cm³/mol. The molecule has 1 amide bonds. The first kappa shape index (κ1) is 29.7. The summed E-state index contributed by atoms with van der Waals surface area (Å²) >= 11 is 1.58. The summed E-state index contributed by atoms with van der Waals surface area (Å²) in [5, 5.41) is 3.61. The van der Waals surface area contributed by atoms with E-state index in [4.69, 9.17) is 18.9 Å². The van der Waals surface area contributed by atoms with Crippen molar-refractivity contribution >= 4 is 29.4 Å². The van der Waals surface area contributed by atoms with Crippen molar-refractivity contribution < 1.29 is 23.7 Å². The maximum Gasteiger partial charge on any atom is 0.262 e. The summed E-state index contributed by atoms with van der Waals surface area (Å²) in [6.07, 6.45) is 6.54. The van der Waals surface area contributed by atoms with Crippen molar-refractivity contribution in [1.29, 1.82) is 0 Å². The summed E-state index contributed by atoms with van der Waals surface area (Å²) < 4.78 is 23.0. The zero-order valence-corrected chi connectivity index (χ0v) is 25.6. The van der Waals surface area contributed by atoms with Crippen LogP contribution < -0.4 is 24.3 Å². The average molecular weight is 589 g/mol. The van der Waals surface area contributed by atoms with Gasteiger partial charge in [-0.1, -0.05) is 55.8 Å². The summed E-state index contributed by atoms with van der Waals surface area (Å²) in [7, 11) is 3.27. The largest absolute Gasteiger partial charge is 0.497 e. The van der Waals surface area contributed by atoms with Crippen LogP contribution in [-0.4, -0.2) is 43.2 Å². The molecule has 1 aliphatic carbocycles. The number of ether oxygens (including phenoxy) is 4. The van der Waals surface area contributed by atoms with Crippen molar-refractivity contribution in [2.75, 3.05) is 26.1 Å². The van der Waals surface area contributed by atoms with Crippen LogP contribution in [-0.2, 0) is 11.4 Å². The molecule has 2 aliphatic rings. The Bertz CT molecular complexity index is 1400. The summed E-state index contributed by atoms with van der Waals surface area (Å²) in [5.74, 6) is 3.25. The van der Waals surface area contributed by atoms with Crippen LogP contribution in [0.3, 0.4) is 0 Å². The topological polar surface area (TPSA) is 69.3 Å². The van der Waals surface area contributed by atoms with Gasteiger partial charge in [-0.25, -0.2) is 0 Å². The zero-order valence-electron chi connectivity index (χ0n) is 24.8. The molecule has 0 aromatic heterocycles. The molecule has 3 atom stereocenters. The SMILES string of the molecule is CCOc1cc(/C=C2\SC(Nc3ccccc3)N([C@H]3CCCC[C@H]3C)C2=O)ccc1OCc1cc(OC)ccc1OC. The lowest BCUT2D eigenvalue weighted by atomic mass is 9.85. The molecule has 3 aromatic rings. The number of carbonyl (C=O) groups excluding carboxylic acids is 1. The molecule has 0 radical (unpaired) electrons. The quantitative estimate of drug-likeness (QED) is 0.232. The van der Waals surface area contributed by atoms with Gasteiger partial charge in [0.15, 0.2) is 17.0 Å². The van der Waals surface area contributed by atoms with Gasteiger partial charge in [-0.2, -0.15) is 0 Å². The number of amides is 1. The number of nitrogens with one attached hydrogen (secondary N) is 1. The molecular formula is C34H40N2O5S. The van der Waals surface area contributed by atoms with Crippen molar-refractivity contribution in [1.82, 2.24) is 4.90 Å². The van der Waals surface area contributed by atoms with E-state index < -0.39 is 0 Å². The minimum absolute atomic E-state index is 0.0792. The maximum absolute atomic E-state index is 13.9. The van der Waals surface area contributed by atoms with Crippen LogP contribution in [0.5, 0.6) is 23.0 Å². The number of hydrogen-bond acceptors (Lipinski definition) is 7. The highest BCUT2D eigenvalue weighted by atomic mass is 32.2. The van der Waals surface area contributed by atoms with Gasteiger partial charge in [-0.05, 0) is 79.8 Å². The number of nitrogens with zero attached hydrogens (tertiary/aromatic N) is 1. The maximum atomic E-state index is 13.9. The standard InChI is InChI=1S/C34H40N2O5S/c1-5-40-31-19-24(15-17-30(31)41-22-25-21-27(38-3)16-18-29(25)39-4)20-32-33(37)36(28-14-10-9-11-23(28)2)34(42-32)35-26-12-7-6-8-13-26/h6-8,12-13,15-21,23,28,34-35H,5,9-11,14,22H2,1-4H3/b32-20-/t23-,28+,34?/m1/s1. The monoisotopic (exact) mass is 588 g/mol. The molecule has 42 heavy (non-hydrogen) atoms. The van der Waals surface area contributed by atoms with E-state index in [0.717, 1.165) is 52.5 Å². The fourth-order valence-corrected chi connectivity index (χ4v) is 6.88. The van der Waals surface area contributed by atoms with Gasteiger partial charge >= 0.3 is 0 Å². The highest BCUT2D eigenvalue weighted by molar-refractivity contribution is 8.05. The Morgan fingerprint density at radius 1 is 0.929 bits per heavy atom. The molecule has 7 nitrogen and oxygen atoms in total. The Morgan fingerprint density at radius 3 is 2.45 bits per heavy atom. The first-order valence-electron chi connectivity index (χ1n) is 14.6. The lowest BCUT2D eigenvalue weighted by Gasteiger charge is -2.39. The molecule has 1 saturated carbocycles. The van der Waals surface area contributed by atoms with Crippen LogP contribution in [0.4, 0.5) is 5.69 Å². The molecule has 1 N–H and O–H groups in total. The first-order chi connectivity index (χ1) is 20.5. The minimum Gasteiger partial charge on any atom is -0.497 e. The van der Waals surface area contributed by atoms with Crippen LogP contribution in [0, 0.1) is 5.92 Å². The van der Waals surface area contributed by atoms with Crippen LogP contribution in [0.15, 0.2) is 71.6 Å². The van der Waals surface area contributed by atoms with E-state index >= 15 is 0 Å². The lowest BCUT2D eigenvalue weighted by molar-refractivity contribution is -0.129. The lowest BCUT2D eigenvalue weighted by Crippen LogP contribution is -2.48. The van der Waals surface area contributed by atoms with Gasteiger partial charge in [0.2, 0.25) is 0 Å². The number of hydrogen-bond donors (Lipinski definition) is 1. The van der Waals surface area contributed by atoms with Crippen LogP contribution >= 0.6 is 11.8 Å². The zero-order chi connectivity index (χ0) is 29.5. The smallest absolute Gasteiger partial charge is 0.262 e. The number of para-hydroxylation sites is 1. The van der Waals surface area contributed by atoms with Gasteiger partial charge in [0.1, 0.15) is 18.1 Å². The fraction of sp³-hybridized carbons (Fsp3) is 0.382. The number of benzene rings is 3. The Labute approximate surface area is 253 Å². The fourth-order valence-electron chi connectivity index (χ4n) is 5.67. The van der Waals surface area contributed by atoms with E-state index in [1.54, 1.807) is 26.0 Å². The number of thioether (sulfide) groups is 1. The first-order valence-corrected chi connectivity index (χ1v) is 15.5. The highest BCUT2D eigenvalue weighted by Crippen LogP contribution is 2.43. The van der Waals surface area contributed by atoms with Crippen molar-refractivity contribution in [3.05, 3.63) is 82.8 Å². The van der Waals surface area contributed by atoms with Gasteiger partial charge in [0.05, 0.1) is 25.7 Å². The normalized spacial score (nSPS) is 21.3. The molecule has 1 heterocycles. The predicted octanol–water partition coefficient (Wildman–Crippen LogP) is 7.57. The van der Waals surface area contributed by atoms with E-state index in [2.05, 4.69) is 17.1 Å². The third-order valence-electron chi connectivity index (χ3n) is 7.86. The van der Waals surface area contributed by atoms with Crippen molar-refractivity contribution in [3.8, 4) is 23.0 Å². The number of rotatable bonds is 11. The molecular weight excluding hydrogens is 548 g/mol. The molecule has 1 aliphatic heterocycles. The van der Waals surface area contributed by atoms with Crippen molar-refractivity contribution in [2.45, 2.75) is 57.7 Å². The number of anilines is 1. The van der Waals surface area contributed by atoms with Crippen molar-refractivity contribution in [2.24, 2.45) is 5.92 Å². The molecule has 0 bridgehead atoms. The molecule has 5 rings (SSSR count). The summed E-state index contributed by atoms with van der Waals surface area (Å²) in [6, 6.07) is 21.8. The van der Waals surface area contributed by atoms with Crippen LogP contribution in [0.1, 0.15) is 50.7 Å². The van der Waals surface area contributed by atoms with Crippen LogP contribution in [0.2, 0.25) is 0 Å². The summed E-state index contributed by atoms with van der Waals surface area (Å²) in [5.41, 5.74) is 2.60. The van der Waals surface area contributed by atoms with E-state index in [9.17, 15) is 4.79 Å². The second-order valence-corrected chi connectivity index (χ2v) is 11.8. The van der Waals surface area contributed by atoms with Gasteiger partial charge in [0, 0.05) is 17.3 Å². The van der Waals surface area contributed by atoms with Gasteiger partial charge in [-0.15, -0.1) is 0 Å². The van der Waals surface area contributed by atoms with Crippen molar-refractivity contribution in [3.63, 3.8) is 0 Å². The van der Waals surface area contributed by atoms with E-state index in [-0.39, 0.29) is 24.1 Å². The average Bonchev–Trinajstić information content (AvgIpc) is 3.30. The second-order valence-electron chi connectivity index (χ2n) is 10.6. The second kappa shape index (κ2) is 13.9. The molecule has 1 saturated heterocycles. The Kier molecular flexibility index (Phi) is 9.85. The highest BCUT2D eigenvalue weighted by Gasteiger charge is 2.42. The Balaban J connectivity index is 1.39. The van der Waals surface area contributed by atoms with E-state index in [0.29, 0.717) is 24.0 Å². The number of methoxy groups -OCH3 is 2. The van der Waals surface area contributed by atoms with Gasteiger partial charge in [0.25, 0.3) is 5.91 Å². The van der Waals surface area contributed by atoms with E-state index in [1.807, 2.05) is 79.7 Å². The molecule has 3 aromatic carbocycles. The molecule has 222 valence electrons. The van der Waals surface area contributed by atoms with E-state index in [1.165, 1.54) is 6.42 Å². The summed E-state index contributed by atoms with van der Waals surface area (Å²) in [6.45, 7) is 5.00. The van der Waals surface area contributed by atoms with Gasteiger partial charge < -0.3 is 29.2 Å². The summed E-state index contributed by atoms with van der Waals surface area (Å²) in [4.78, 5) is 16.7. The minimum atomic E-state index is -0.163. The molecule has 8 heteroatoms. The molecule has 1 unspecified atom stereocenters. The third-order valence-corrected chi connectivity index (χ3v) is 8.97. The third kappa shape index (κ3) is 6.81. The molecule has 2 fully saturated rings. The number of carbonyl (C=O) groups is 1. The Hall–Kier alpha value is -3.78. The Morgan fingerprint density at radius 2 is 1.71 bits per heavy atom. The van der Waals surface area contributed by atoms with Crippen LogP contribution in [0.25, 0.3) is 6.08 Å². The van der Waals surface area contributed by atoms with Gasteiger partial charge in [-0.3, -0.25) is 4.79 Å². The molecule has 0 spiro atoms.